The average Bonchev–Trinajstić information content (AvgIpc) is 3.30. The summed E-state index contributed by atoms with van der Waals surface area (Å²) in [6.07, 6.45) is 0.714. The number of aliphatic imine (C=N–C) groups is 1. The monoisotopic (exact) mass is 551 g/mol. The molecule has 2 N–H and O–H groups in total. The molecule has 3 fully saturated rings. The second-order valence-electron chi connectivity index (χ2n) is 8.89. The Morgan fingerprint density at radius 1 is 1.06 bits per heavy atom. The van der Waals surface area contributed by atoms with Gasteiger partial charge in [0.1, 0.15) is 0 Å². The summed E-state index contributed by atoms with van der Waals surface area (Å²) in [5.74, 6) is 1.53. The molecule has 1 aromatic rings. The highest BCUT2D eigenvalue weighted by molar-refractivity contribution is 14.0. The molecule has 2 aliphatic heterocycles. The summed E-state index contributed by atoms with van der Waals surface area (Å²) in [4.78, 5) is 9.28. The molecular weight excluding hydrogens is 518 g/mol. The van der Waals surface area contributed by atoms with E-state index in [1.54, 1.807) is 19.2 Å². The first-order valence-corrected chi connectivity index (χ1v) is 11.0. The van der Waals surface area contributed by atoms with Crippen LogP contribution in [0.15, 0.2) is 29.3 Å². The van der Waals surface area contributed by atoms with Crippen molar-refractivity contribution in [1.29, 1.82) is 0 Å². The van der Waals surface area contributed by atoms with Crippen LogP contribution >= 0.6 is 24.0 Å². The van der Waals surface area contributed by atoms with Gasteiger partial charge >= 0.3 is 6.18 Å². The van der Waals surface area contributed by atoms with E-state index in [9.17, 15) is 13.2 Å². The maximum Gasteiger partial charge on any atom is 0.416 e. The standard InChI is InChI=1S/C22H32F3N5.HI/c1-26-21(27-12-17-8-11-30(14-17)20-6-7-20)28-19-9-10-29(15-19)13-16-2-4-18(5-3-16)22(23,24)25;/h2-5,17,19-20H,6-15H2,1H3,(H2,26,27,28);1H. The van der Waals surface area contributed by atoms with Gasteiger partial charge in [-0.15, -0.1) is 24.0 Å². The van der Waals surface area contributed by atoms with Crippen molar-refractivity contribution in [2.75, 3.05) is 39.8 Å². The molecule has 1 saturated carbocycles. The van der Waals surface area contributed by atoms with Crippen molar-refractivity contribution < 1.29 is 13.2 Å². The van der Waals surface area contributed by atoms with Gasteiger partial charge in [0, 0.05) is 51.9 Å². The second kappa shape index (κ2) is 10.7. The Hall–Kier alpha value is -1.07. The molecule has 2 heterocycles. The van der Waals surface area contributed by atoms with Crippen LogP contribution in [-0.2, 0) is 12.7 Å². The van der Waals surface area contributed by atoms with Crippen molar-refractivity contribution in [3.8, 4) is 0 Å². The Balaban J connectivity index is 0.00000272. The third-order valence-electron chi connectivity index (χ3n) is 6.46. The third kappa shape index (κ3) is 6.95. The topological polar surface area (TPSA) is 42.9 Å². The van der Waals surface area contributed by atoms with Gasteiger partial charge in [0.15, 0.2) is 5.96 Å². The van der Waals surface area contributed by atoms with E-state index in [0.717, 1.165) is 43.6 Å². The van der Waals surface area contributed by atoms with Crippen LogP contribution in [0.2, 0.25) is 0 Å². The molecule has 1 aromatic carbocycles. The summed E-state index contributed by atoms with van der Waals surface area (Å²) < 4.78 is 38.1. The third-order valence-corrected chi connectivity index (χ3v) is 6.46. The highest BCUT2D eigenvalue weighted by Crippen LogP contribution is 2.31. The fourth-order valence-electron chi connectivity index (χ4n) is 4.58. The molecular formula is C22H33F3IN5. The van der Waals surface area contributed by atoms with Gasteiger partial charge in [-0.1, -0.05) is 12.1 Å². The zero-order chi connectivity index (χ0) is 21.1. The minimum absolute atomic E-state index is 0. The predicted octanol–water partition coefficient (Wildman–Crippen LogP) is 3.55. The molecule has 31 heavy (non-hydrogen) atoms. The van der Waals surface area contributed by atoms with Crippen molar-refractivity contribution in [3.05, 3.63) is 35.4 Å². The average molecular weight is 551 g/mol. The fraction of sp³-hybridized carbons (Fsp3) is 0.682. The van der Waals surface area contributed by atoms with E-state index in [0.29, 0.717) is 18.5 Å². The predicted molar refractivity (Wildman–Crippen MR) is 128 cm³/mol. The lowest BCUT2D eigenvalue weighted by Crippen LogP contribution is -2.46. The zero-order valence-electron chi connectivity index (χ0n) is 18.0. The van der Waals surface area contributed by atoms with E-state index in [1.807, 2.05) is 0 Å². The van der Waals surface area contributed by atoms with Crippen molar-refractivity contribution >= 4 is 29.9 Å². The molecule has 174 valence electrons. The Bertz CT molecular complexity index is 736. The molecule has 3 aliphatic rings. The van der Waals surface area contributed by atoms with Gasteiger partial charge in [0.05, 0.1) is 5.56 Å². The molecule has 0 amide bonds. The van der Waals surface area contributed by atoms with Gasteiger partial charge in [0.25, 0.3) is 0 Å². The second-order valence-corrected chi connectivity index (χ2v) is 8.89. The van der Waals surface area contributed by atoms with E-state index in [1.165, 1.54) is 44.5 Å². The van der Waals surface area contributed by atoms with E-state index < -0.39 is 11.7 Å². The molecule has 2 unspecified atom stereocenters. The van der Waals surface area contributed by atoms with Crippen LogP contribution in [0.4, 0.5) is 13.2 Å². The van der Waals surface area contributed by atoms with Crippen LogP contribution < -0.4 is 10.6 Å². The largest absolute Gasteiger partial charge is 0.416 e. The summed E-state index contributed by atoms with van der Waals surface area (Å²) in [6, 6.07) is 6.65. The van der Waals surface area contributed by atoms with E-state index >= 15 is 0 Å². The number of halogens is 4. The summed E-state index contributed by atoms with van der Waals surface area (Å²) in [5.41, 5.74) is 0.317. The normalized spacial score (nSPS) is 25.5. The van der Waals surface area contributed by atoms with Crippen LogP contribution in [0.25, 0.3) is 0 Å². The number of nitrogens with one attached hydrogen (secondary N) is 2. The summed E-state index contributed by atoms with van der Waals surface area (Å²) in [7, 11) is 1.80. The minimum Gasteiger partial charge on any atom is -0.356 e. The number of benzene rings is 1. The van der Waals surface area contributed by atoms with Crippen LogP contribution in [0.3, 0.4) is 0 Å². The van der Waals surface area contributed by atoms with Crippen molar-refractivity contribution in [1.82, 2.24) is 20.4 Å². The number of hydrogen-bond acceptors (Lipinski definition) is 3. The fourth-order valence-corrected chi connectivity index (χ4v) is 4.58. The van der Waals surface area contributed by atoms with Crippen LogP contribution in [-0.4, -0.2) is 67.6 Å². The molecule has 5 nitrogen and oxygen atoms in total. The van der Waals surface area contributed by atoms with Crippen molar-refractivity contribution in [3.63, 3.8) is 0 Å². The Labute approximate surface area is 199 Å². The van der Waals surface area contributed by atoms with Crippen molar-refractivity contribution in [2.24, 2.45) is 10.9 Å². The first-order valence-electron chi connectivity index (χ1n) is 11.0. The summed E-state index contributed by atoms with van der Waals surface area (Å²) >= 11 is 0. The lowest BCUT2D eigenvalue weighted by Gasteiger charge is -2.20. The highest BCUT2D eigenvalue weighted by atomic mass is 127. The van der Waals surface area contributed by atoms with Crippen molar-refractivity contribution in [2.45, 2.75) is 50.5 Å². The van der Waals surface area contributed by atoms with E-state index in [4.69, 9.17) is 0 Å². The number of likely N-dealkylation sites (tertiary alicyclic amines) is 2. The van der Waals surface area contributed by atoms with E-state index in [2.05, 4.69) is 25.4 Å². The van der Waals surface area contributed by atoms with Gasteiger partial charge in [0.2, 0.25) is 0 Å². The first-order chi connectivity index (χ1) is 14.4. The number of alkyl halides is 3. The molecule has 2 saturated heterocycles. The molecule has 0 bridgehead atoms. The SMILES string of the molecule is CN=C(NCC1CCN(C2CC2)C1)NC1CCN(Cc2ccc(C(F)(F)F)cc2)C1.I. The lowest BCUT2D eigenvalue weighted by atomic mass is 10.1. The molecule has 0 spiro atoms. The molecule has 2 atom stereocenters. The molecule has 0 radical (unpaired) electrons. The van der Waals surface area contributed by atoms with Crippen LogP contribution in [0.5, 0.6) is 0 Å². The first kappa shape index (κ1) is 24.6. The number of guanidine groups is 1. The molecule has 1 aliphatic carbocycles. The quantitative estimate of drug-likeness (QED) is 0.323. The van der Waals surface area contributed by atoms with Gasteiger partial charge in [-0.3, -0.25) is 9.89 Å². The van der Waals surface area contributed by atoms with Crippen LogP contribution in [0.1, 0.15) is 36.8 Å². The summed E-state index contributed by atoms with van der Waals surface area (Å²) in [6.45, 7) is 5.82. The van der Waals surface area contributed by atoms with E-state index in [-0.39, 0.29) is 24.0 Å². The Morgan fingerprint density at radius 2 is 1.81 bits per heavy atom. The molecule has 4 rings (SSSR count). The lowest BCUT2D eigenvalue weighted by molar-refractivity contribution is -0.137. The van der Waals surface area contributed by atoms with Crippen LogP contribution in [0, 0.1) is 5.92 Å². The maximum atomic E-state index is 12.7. The molecule has 0 aromatic heterocycles. The van der Waals surface area contributed by atoms with Gasteiger partial charge in [-0.2, -0.15) is 13.2 Å². The van der Waals surface area contributed by atoms with Gasteiger partial charge in [-0.25, -0.2) is 0 Å². The number of nitrogens with zero attached hydrogens (tertiary/aromatic N) is 3. The maximum absolute atomic E-state index is 12.7. The Morgan fingerprint density at radius 3 is 2.45 bits per heavy atom. The molecule has 9 heteroatoms. The zero-order valence-corrected chi connectivity index (χ0v) is 20.3. The highest BCUT2D eigenvalue weighted by Gasteiger charge is 2.34. The Kier molecular flexibility index (Phi) is 8.48. The minimum atomic E-state index is -4.28. The summed E-state index contributed by atoms with van der Waals surface area (Å²) in [5, 5.41) is 7.01. The van der Waals surface area contributed by atoms with Gasteiger partial charge < -0.3 is 15.5 Å². The smallest absolute Gasteiger partial charge is 0.356 e. The van der Waals surface area contributed by atoms with Gasteiger partial charge in [-0.05, 0) is 55.8 Å². The number of rotatable bonds is 6. The number of hydrogen-bond donors (Lipinski definition) is 2.